The van der Waals surface area contributed by atoms with Gasteiger partial charge >= 0.3 is 5.97 Å². The van der Waals surface area contributed by atoms with Crippen molar-refractivity contribution in [1.82, 2.24) is 0 Å². The van der Waals surface area contributed by atoms with E-state index in [1.807, 2.05) is 13.8 Å². The van der Waals surface area contributed by atoms with Gasteiger partial charge < -0.3 is 4.74 Å². The van der Waals surface area contributed by atoms with Crippen molar-refractivity contribution in [2.24, 2.45) is 11.8 Å². The Balaban J connectivity index is 5.34. The van der Waals surface area contributed by atoms with E-state index in [0.29, 0.717) is 6.42 Å². The summed E-state index contributed by atoms with van der Waals surface area (Å²) < 4.78 is 4.96. The van der Waals surface area contributed by atoms with E-state index in [9.17, 15) is 4.79 Å². The Morgan fingerprint density at radius 2 is 0.707 bits per heavy atom. The van der Waals surface area contributed by atoms with Gasteiger partial charge in [-0.2, -0.15) is 0 Å². The Morgan fingerprint density at radius 1 is 0.431 bits per heavy atom. The van der Waals surface area contributed by atoms with Crippen LogP contribution in [-0.2, 0) is 9.53 Å². The second-order valence-electron chi connectivity index (χ2n) is 9.16. The van der Waals surface area contributed by atoms with Crippen LogP contribution in [0.3, 0.4) is 0 Å². The van der Waals surface area contributed by atoms with Gasteiger partial charge in [-0.15, -0.1) is 6.42 Å². The minimum atomic E-state index is -0.450. The number of rotatable bonds is 5. The predicted octanol–water partition coefficient (Wildman–Crippen LogP) is 7.12. The van der Waals surface area contributed by atoms with E-state index in [2.05, 4.69) is 268 Å². The molecule has 254 valence electrons. The minimum absolute atomic E-state index is 0.133. The van der Waals surface area contributed by atoms with Crippen molar-refractivity contribution in [2.45, 2.75) is 33.6 Å². The number of esters is 1. The summed E-state index contributed by atoms with van der Waals surface area (Å²) in [5, 5.41) is 0. The van der Waals surface area contributed by atoms with Crippen molar-refractivity contribution in [3.05, 3.63) is 173 Å². The quantitative estimate of drug-likeness (QED) is 0.172. The molecule has 0 aliphatic heterocycles. The fraction of sp³-hybridized carbons (Fsp3) is 0.125. The van der Waals surface area contributed by atoms with Gasteiger partial charge in [-0.25, -0.2) is 0 Å². The summed E-state index contributed by atoms with van der Waals surface area (Å²) in [5.41, 5.74) is 72.0. The Bertz CT molecular complexity index is 3430. The molecule has 0 saturated carbocycles. The highest BCUT2D eigenvalue weighted by Gasteiger charge is 2.16. The molecule has 0 N–H and O–H groups in total. The number of carbonyl (C=O) groups excluding carboxylic acids is 1. The molecule has 0 spiro atoms. The van der Waals surface area contributed by atoms with Gasteiger partial charge in [-0.1, -0.05) is 25.3 Å². The molecule has 0 heterocycles. The third-order valence-corrected chi connectivity index (χ3v) is 5.23. The van der Waals surface area contributed by atoms with Gasteiger partial charge in [0, 0.05) is 105 Å². The molecular formula is C56H18O2. The number of ether oxygens (including phenoxy) is 1. The molecule has 0 aliphatic carbocycles. The van der Waals surface area contributed by atoms with E-state index in [-0.39, 0.29) is 11.8 Å². The van der Waals surface area contributed by atoms with Crippen LogP contribution < -0.4 is 0 Å². The first-order chi connectivity index (χ1) is 28.5. The van der Waals surface area contributed by atoms with Gasteiger partial charge in [0.15, 0.2) is 0 Å². The van der Waals surface area contributed by atoms with Gasteiger partial charge in [0.2, 0.25) is 0 Å². The second kappa shape index (κ2) is 38.9. The van der Waals surface area contributed by atoms with Gasteiger partial charge in [-0.3, -0.25) is 4.79 Å². The molecule has 2 heteroatoms. The number of carbonyl (C=O) groups is 1. The zero-order chi connectivity index (χ0) is 42.3. The predicted molar refractivity (Wildman–Crippen MR) is 218 cm³/mol. The van der Waals surface area contributed by atoms with Crippen LogP contribution in [0.5, 0.6) is 0 Å². The molecule has 0 aromatic carbocycles. The van der Waals surface area contributed by atoms with Crippen LogP contribution in [0.1, 0.15) is 33.6 Å². The molecule has 0 amide bonds. The first kappa shape index (κ1) is 47.1. The zero-order valence-electron chi connectivity index (χ0n) is 31.2. The molecule has 0 radical (unpaired) electrons. The molecular weight excluding hydrogens is 705 g/mol. The maximum absolute atomic E-state index is 12.2. The second-order valence-corrected chi connectivity index (χ2v) is 9.16. The summed E-state index contributed by atoms with van der Waals surface area (Å²) in [6, 6.07) is 0. The molecule has 2 nitrogen and oxygen atoms in total. The molecule has 0 fully saturated rings. The molecule has 0 aromatic heterocycles. The number of terminal acetylenes is 1. The third kappa shape index (κ3) is 34.9. The fourth-order valence-corrected chi connectivity index (χ4v) is 2.53. The molecule has 0 saturated heterocycles. The molecule has 0 aromatic rings. The first-order valence-electron chi connectivity index (χ1n) is 15.8. The monoisotopic (exact) mass is 722 g/mol. The van der Waals surface area contributed by atoms with Gasteiger partial charge in [0.25, 0.3) is 0 Å². The van der Waals surface area contributed by atoms with Gasteiger partial charge in [0.1, 0.15) is 6.11 Å². The van der Waals surface area contributed by atoms with Gasteiger partial charge in [0.05, 0.1) is 5.92 Å². The smallest absolute Gasteiger partial charge is 0.322 e. The standard InChI is InChI=1S/C56H18O2/c1-6-8-10-12-14-16-18-20-22-24-25-26-27-28-29-30-31-32-33-34-35-37-39-41-43-45-47-49-53(3)54(4)50-51-55(5)56(57)58-52-48-46-44-42-40-38-36-23-21-19-17-15-13-11-9-7-2/h2,54-55H,1,50-51H2,3-5H3. The summed E-state index contributed by atoms with van der Waals surface area (Å²) in [7, 11) is 0. The lowest BCUT2D eigenvalue weighted by Crippen LogP contribution is -2.13. The summed E-state index contributed by atoms with van der Waals surface area (Å²) >= 11 is 0. The highest BCUT2D eigenvalue weighted by molar-refractivity contribution is 5.73. The van der Waals surface area contributed by atoms with Gasteiger partial charge in [-0.05, 0) is 177 Å². The highest BCUT2D eigenvalue weighted by Crippen LogP contribution is 2.19. The minimum Gasteiger partial charge on any atom is -0.371 e. The third-order valence-electron chi connectivity index (χ3n) is 5.23. The average molecular weight is 723 g/mol. The highest BCUT2D eigenvalue weighted by atomic mass is 16.5. The average Bonchev–Trinajstić information content (AvgIpc) is 3.23. The summed E-state index contributed by atoms with van der Waals surface area (Å²) in [6.45, 7) is 9.01. The van der Waals surface area contributed by atoms with Crippen LogP contribution in [0.25, 0.3) is 0 Å². The lowest BCUT2D eigenvalue weighted by atomic mass is 9.93. The van der Waals surface area contributed by atoms with E-state index in [1.165, 1.54) is 0 Å². The van der Waals surface area contributed by atoms with Crippen molar-refractivity contribution in [3.8, 4) is 107 Å². The maximum atomic E-state index is 12.2. The molecule has 0 rings (SSSR count). The molecule has 2 unspecified atom stereocenters. The fourth-order valence-electron chi connectivity index (χ4n) is 2.53. The van der Waals surface area contributed by atoms with Crippen molar-refractivity contribution in [2.75, 3.05) is 0 Å². The van der Waals surface area contributed by atoms with Crippen LogP contribution in [0.4, 0.5) is 0 Å². The van der Waals surface area contributed by atoms with Crippen LogP contribution in [-0.4, -0.2) is 5.97 Å². The van der Waals surface area contributed by atoms with Crippen molar-refractivity contribution >= 4 is 5.97 Å². The number of hydrogen-bond donors (Lipinski definition) is 0. The zero-order valence-corrected chi connectivity index (χ0v) is 31.2. The van der Waals surface area contributed by atoms with Crippen molar-refractivity contribution in [3.63, 3.8) is 0 Å². The Labute approximate surface area is 339 Å². The SMILES string of the molecule is C#CC#CC#CC#CC#CC#CC#CC#CC#COC(=O)C(C)CCC(C)C(C)=C=C=C=C=C=C=C=C=C=C=C=C=C=C=C=C=C=C=C=C=C=C=C=C=C=C=C=C=C. The largest absolute Gasteiger partial charge is 0.371 e. The first-order valence-corrected chi connectivity index (χ1v) is 15.8. The number of hydrogen-bond acceptors (Lipinski definition) is 2. The summed E-state index contributed by atoms with van der Waals surface area (Å²) in [5.74, 6) is 38.3. The molecule has 58 heavy (non-hydrogen) atoms. The van der Waals surface area contributed by atoms with Crippen molar-refractivity contribution in [1.29, 1.82) is 0 Å². The summed E-state index contributed by atoms with van der Waals surface area (Å²) in [4.78, 5) is 12.2. The van der Waals surface area contributed by atoms with E-state index < -0.39 is 5.97 Å². The Morgan fingerprint density at radius 3 is 1.03 bits per heavy atom. The normalized spacial score (nSPS) is 6.38. The van der Waals surface area contributed by atoms with E-state index in [1.54, 1.807) is 6.92 Å². The van der Waals surface area contributed by atoms with Crippen molar-refractivity contribution < 1.29 is 9.53 Å². The topological polar surface area (TPSA) is 26.3 Å². The maximum Gasteiger partial charge on any atom is 0.322 e. The molecule has 0 bridgehead atoms. The lowest BCUT2D eigenvalue weighted by Gasteiger charge is -2.12. The van der Waals surface area contributed by atoms with Crippen LogP contribution in [0.15, 0.2) is 173 Å². The number of allylic oxidation sites excluding steroid dienone is 1. The molecule has 2 atom stereocenters. The van der Waals surface area contributed by atoms with Crippen LogP contribution in [0, 0.1) is 119 Å². The molecule has 0 aliphatic rings. The Hall–Kier alpha value is -10.9. The lowest BCUT2D eigenvalue weighted by molar-refractivity contribution is -0.141. The summed E-state index contributed by atoms with van der Waals surface area (Å²) in [6.07, 6.45) is 8.52. The Kier molecular flexibility index (Phi) is 31.6. The van der Waals surface area contributed by atoms with Crippen LogP contribution in [0.2, 0.25) is 0 Å². The van der Waals surface area contributed by atoms with E-state index in [4.69, 9.17) is 11.2 Å². The van der Waals surface area contributed by atoms with Crippen LogP contribution >= 0.6 is 0 Å². The van der Waals surface area contributed by atoms with E-state index in [0.717, 1.165) is 12.0 Å². The van der Waals surface area contributed by atoms with E-state index >= 15 is 0 Å².